The smallest absolute Gasteiger partial charge is 0.221 e. The maximum Gasteiger partial charge on any atom is 0.221 e. The number of benzene rings is 2. The van der Waals surface area contributed by atoms with Gasteiger partial charge in [0.25, 0.3) is 0 Å². The van der Waals surface area contributed by atoms with E-state index in [0.29, 0.717) is 17.0 Å². The highest BCUT2D eigenvalue weighted by molar-refractivity contribution is 14.1. The Hall–Kier alpha value is -1.89. The van der Waals surface area contributed by atoms with Gasteiger partial charge in [0.1, 0.15) is 5.75 Å². The normalized spacial score (nSPS) is 10.0. The molecule has 2 aromatic carbocycles. The third-order valence-electron chi connectivity index (χ3n) is 2.69. The zero-order valence-corrected chi connectivity index (χ0v) is 13.6. The molecule has 0 saturated carbocycles. The zero-order chi connectivity index (χ0) is 15.2. The van der Waals surface area contributed by atoms with Crippen LogP contribution in [0.25, 0.3) is 0 Å². The van der Waals surface area contributed by atoms with Crippen molar-refractivity contribution in [3.8, 4) is 5.75 Å². The molecule has 108 valence electrons. The lowest BCUT2D eigenvalue weighted by Gasteiger charge is -2.08. The number of ether oxygens (including phenoxy) is 1. The largest absolute Gasteiger partial charge is 0.485 e. The average molecular weight is 395 g/mol. The number of Topliss-reactive ketones (excluding diaryl/α,β-unsaturated/α-hetero) is 1. The van der Waals surface area contributed by atoms with Crippen molar-refractivity contribution < 1.29 is 14.3 Å². The van der Waals surface area contributed by atoms with Crippen LogP contribution in [0.15, 0.2) is 48.5 Å². The van der Waals surface area contributed by atoms with Crippen molar-refractivity contribution in [3.63, 3.8) is 0 Å². The van der Waals surface area contributed by atoms with Crippen LogP contribution in [0.4, 0.5) is 5.69 Å². The first-order chi connectivity index (χ1) is 10.0. The summed E-state index contributed by atoms with van der Waals surface area (Å²) in [6.45, 7) is 1.40. The summed E-state index contributed by atoms with van der Waals surface area (Å²) in [5.41, 5.74) is 1.26. The molecule has 0 atom stereocenters. The number of nitrogens with one attached hydrogen (secondary N) is 1. The predicted molar refractivity (Wildman–Crippen MR) is 89.7 cm³/mol. The second kappa shape index (κ2) is 7.21. The van der Waals surface area contributed by atoms with Crippen molar-refractivity contribution >= 4 is 40.0 Å². The third-order valence-corrected chi connectivity index (χ3v) is 3.41. The molecule has 0 aliphatic carbocycles. The summed E-state index contributed by atoms with van der Waals surface area (Å²) in [6, 6.07) is 14.3. The van der Waals surface area contributed by atoms with Gasteiger partial charge in [0.2, 0.25) is 5.91 Å². The molecular weight excluding hydrogens is 381 g/mol. The van der Waals surface area contributed by atoms with E-state index in [-0.39, 0.29) is 18.3 Å². The first-order valence-corrected chi connectivity index (χ1v) is 7.42. The molecular formula is C16H14INO3. The summed E-state index contributed by atoms with van der Waals surface area (Å²) < 4.78 is 6.55. The van der Waals surface area contributed by atoms with Gasteiger partial charge in [-0.1, -0.05) is 18.2 Å². The van der Waals surface area contributed by atoms with Crippen molar-refractivity contribution in [2.24, 2.45) is 0 Å². The molecule has 0 unspecified atom stereocenters. The summed E-state index contributed by atoms with van der Waals surface area (Å²) in [6.07, 6.45) is 0. The van der Waals surface area contributed by atoms with Gasteiger partial charge in [0, 0.05) is 27.8 Å². The van der Waals surface area contributed by atoms with Crippen LogP contribution in [0.5, 0.6) is 5.75 Å². The maximum absolute atomic E-state index is 12.0. The van der Waals surface area contributed by atoms with E-state index in [1.807, 2.05) is 12.1 Å². The lowest BCUT2D eigenvalue weighted by Crippen LogP contribution is -2.12. The van der Waals surface area contributed by atoms with Gasteiger partial charge in [0.15, 0.2) is 12.4 Å². The summed E-state index contributed by atoms with van der Waals surface area (Å²) in [4.78, 5) is 23.0. The second-order valence-electron chi connectivity index (χ2n) is 4.43. The second-order valence-corrected chi connectivity index (χ2v) is 5.67. The number of ketones is 1. The minimum Gasteiger partial charge on any atom is -0.485 e. The van der Waals surface area contributed by atoms with E-state index in [0.717, 1.165) is 3.57 Å². The van der Waals surface area contributed by atoms with Gasteiger partial charge in [-0.2, -0.15) is 0 Å². The fourth-order valence-corrected chi connectivity index (χ4v) is 2.09. The first-order valence-electron chi connectivity index (χ1n) is 6.34. The standard InChI is InChI=1S/C16H14INO3/c1-11(19)18-14-3-2-4-15(9-14)21-10-16(20)12-5-7-13(17)8-6-12/h2-9H,10H2,1H3,(H,18,19). The Labute approximate surface area is 136 Å². The van der Waals surface area contributed by atoms with Crippen LogP contribution in [0.3, 0.4) is 0 Å². The Morgan fingerprint density at radius 3 is 2.52 bits per heavy atom. The molecule has 0 fully saturated rings. The predicted octanol–water partition coefficient (Wildman–Crippen LogP) is 3.51. The van der Waals surface area contributed by atoms with Gasteiger partial charge in [-0.05, 0) is 46.9 Å². The van der Waals surface area contributed by atoms with Crippen LogP contribution < -0.4 is 10.1 Å². The Balaban J connectivity index is 1.97. The van der Waals surface area contributed by atoms with E-state index < -0.39 is 0 Å². The third kappa shape index (κ3) is 4.86. The quantitative estimate of drug-likeness (QED) is 0.623. The van der Waals surface area contributed by atoms with Gasteiger partial charge < -0.3 is 10.1 Å². The van der Waals surface area contributed by atoms with Crippen molar-refractivity contribution in [1.29, 1.82) is 0 Å². The van der Waals surface area contributed by atoms with Crippen LogP contribution >= 0.6 is 22.6 Å². The summed E-state index contributed by atoms with van der Waals surface area (Å²) in [5, 5.41) is 2.67. The number of carbonyl (C=O) groups excluding carboxylic acids is 2. The Morgan fingerprint density at radius 1 is 1.14 bits per heavy atom. The van der Waals surface area contributed by atoms with Gasteiger partial charge in [-0.15, -0.1) is 0 Å². The molecule has 0 aromatic heterocycles. The van der Waals surface area contributed by atoms with Gasteiger partial charge in [0.05, 0.1) is 0 Å². The van der Waals surface area contributed by atoms with Crippen molar-refractivity contribution in [2.45, 2.75) is 6.92 Å². The molecule has 0 radical (unpaired) electrons. The Bertz CT molecular complexity index is 653. The number of rotatable bonds is 5. The van der Waals surface area contributed by atoms with Crippen molar-refractivity contribution in [1.82, 2.24) is 0 Å². The summed E-state index contributed by atoms with van der Waals surface area (Å²) >= 11 is 2.19. The Kier molecular flexibility index (Phi) is 5.32. The molecule has 5 heteroatoms. The van der Waals surface area contributed by atoms with Crippen molar-refractivity contribution in [3.05, 3.63) is 57.7 Å². The number of carbonyl (C=O) groups is 2. The molecule has 0 spiro atoms. The molecule has 1 N–H and O–H groups in total. The number of hydrogen-bond acceptors (Lipinski definition) is 3. The molecule has 1 amide bonds. The first kappa shape index (κ1) is 15.5. The minimum absolute atomic E-state index is 0.0376. The fraction of sp³-hybridized carbons (Fsp3) is 0.125. The highest BCUT2D eigenvalue weighted by Crippen LogP contribution is 2.17. The fourth-order valence-electron chi connectivity index (χ4n) is 1.73. The van der Waals surface area contributed by atoms with Gasteiger partial charge >= 0.3 is 0 Å². The van der Waals surface area contributed by atoms with E-state index in [1.54, 1.807) is 36.4 Å². The molecule has 4 nitrogen and oxygen atoms in total. The highest BCUT2D eigenvalue weighted by atomic mass is 127. The van der Waals surface area contributed by atoms with E-state index in [9.17, 15) is 9.59 Å². The lowest BCUT2D eigenvalue weighted by molar-refractivity contribution is -0.114. The molecule has 0 heterocycles. The monoisotopic (exact) mass is 395 g/mol. The van der Waals surface area contributed by atoms with E-state index in [1.165, 1.54) is 6.92 Å². The van der Waals surface area contributed by atoms with E-state index in [4.69, 9.17) is 4.74 Å². The zero-order valence-electron chi connectivity index (χ0n) is 11.4. The summed E-state index contributed by atoms with van der Waals surface area (Å²) in [7, 11) is 0. The SMILES string of the molecule is CC(=O)Nc1cccc(OCC(=O)c2ccc(I)cc2)c1. The van der Waals surface area contributed by atoms with Crippen LogP contribution in [-0.4, -0.2) is 18.3 Å². The van der Waals surface area contributed by atoms with Crippen LogP contribution in [0.2, 0.25) is 0 Å². The number of amides is 1. The Morgan fingerprint density at radius 2 is 1.86 bits per heavy atom. The molecule has 0 aliphatic heterocycles. The maximum atomic E-state index is 12.0. The molecule has 0 aliphatic rings. The van der Waals surface area contributed by atoms with Crippen molar-refractivity contribution in [2.75, 3.05) is 11.9 Å². The van der Waals surface area contributed by atoms with Crippen LogP contribution in [0, 0.1) is 3.57 Å². The van der Waals surface area contributed by atoms with Gasteiger partial charge in [-0.25, -0.2) is 0 Å². The molecule has 21 heavy (non-hydrogen) atoms. The van der Waals surface area contributed by atoms with E-state index >= 15 is 0 Å². The number of halogens is 1. The molecule has 2 rings (SSSR count). The number of anilines is 1. The van der Waals surface area contributed by atoms with Crippen LogP contribution in [-0.2, 0) is 4.79 Å². The van der Waals surface area contributed by atoms with Gasteiger partial charge in [-0.3, -0.25) is 9.59 Å². The van der Waals surface area contributed by atoms with Crippen LogP contribution in [0.1, 0.15) is 17.3 Å². The topological polar surface area (TPSA) is 55.4 Å². The highest BCUT2D eigenvalue weighted by Gasteiger charge is 2.07. The molecule has 0 bridgehead atoms. The average Bonchev–Trinajstić information content (AvgIpc) is 2.45. The summed E-state index contributed by atoms with van der Waals surface area (Å²) in [5.74, 6) is 0.304. The lowest BCUT2D eigenvalue weighted by atomic mass is 10.1. The molecule has 2 aromatic rings. The minimum atomic E-state index is -0.151. The van der Waals surface area contributed by atoms with E-state index in [2.05, 4.69) is 27.9 Å². The number of hydrogen-bond donors (Lipinski definition) is 1. The molecule has 0 saturated heterocycles.